The van der Waals surface area contributed by atoms with Crippen LogP contribution < -0.4 is 10.5 Å². The van der Waals surface area contributed by atoms with Crippen molar-refractivity contribution in [2.24, 2.45) is 5.73 Å². The molecule has 5 heteroatoms. The minimum absolute atomic E-state index is 0.0158. The summed E-state index contributed by atoms with van der Waals surface area (Å²) in [6.07, 6.45) is 3.64. The summed E-state index contributed by atoms with van der Waals surface area (Å²) in [5, 5.41) is 7.52. The maximum atomic E-state index is 7.52. The number of ether oxygens (including phenoxy) is 1. The van der Waals surface area contributed by atoms with E-state index in [4.69, 9.17) is 15.9 Å². The third-order valence-corrected chi connectivity index (χ3v) is 3.18. The second-order valence-electron chi connectivity index (χ2n) is 4.98. The second-order valence-corrected chi connectivity index (χ2v) is 4.98. The number of pyridine rings is 1. The molecule has 1 aromatic heterocycles. The highest BCUT2D eigenvalue weighted by Crippen LogP contribution is 2.20. The fraction of sp³-hybridized carbons (Fsp3) is 0.250. The van der Waals surface area contributed by atoms with Gasteiger partial charge in [0.25, 0.3) is 0 Å². The molecule has 0 spiro atoms. The zero-order valence-electron chi connectivity index (χ0n) is 12.3. The summed E-state index contributed by atoms with van der Waals surface area (Å²) in [5.41, 5.74) is 8.44. The standard InChI is InChI=1S/C16H20N4O/c1-20(11-13-4-3-7-19-9-13)10-12-5-6-14(16(17)18)15(8-12)21-2/h3-9H,10-11H2,1-2H3,(H3,17,18). The van der Waals surface area contributed by atoms with E-state index in [1.807, 2.05) is 30.5 Å². The summed E-state index contributed by atoms with van der Waals surface area (Å²) in [6, 6.07) is 9.72. The smallest absolute Gasteiger partial charge is 0.130 e. The van der Waals surface area contributed by atoms with Gasteiger partial charge in [0.05, 0.1) is 12.7 Å². The molecule has 0 atom stereocenters. The molecule has 0 saturated carbocycles. The van der Waals surface area contributed by atoms with Crippen molar-refractivity contribution in [3.05, 3.63) is 59.4 Å². The molecule has 0 fully saturated rings. The summed E-state index contributed by atoms with van der Waals surface area (Å²) in [4.78, 5) is 6.31. The summed E-state index contributed by atoms with van der Waals surface area (Å²) in [6.45, 7) is 1.61. The molecule has 0 aliphatic carbocycles. The lowest BCUT2D eigenvalue weighted by atomic mass is 10.1. The van der Waals surface area contributed by atoms with Gasteiger partial charge in [0.1, 0.15) is 11.6 Å². The van der Waals surface area contributed by atoms with Crippen LogP contribution in [0.1, 0.15) is 16.7 Å². The highest BCUT2D eigenvalue weighted by molar-refractivity contribution is 5.97. The molecule has 1 heterocycles. The highest BCUT2D eigenvalue weighted by Gasteiger charge is 2.08. The molecule has 110 valence electrons. The zero-order valence-corrected chi connectivity index (χ0v) is 12.3. The molecule has 21 heavy (non-hydrogen) atoms. The van der Waals surface area contributed by atoms with Gasteiger partial charge in [0.2, 0.25) is 0 Å². The van der Waals surface area contributed by atoms with E-state index < -0.39 is 0 Å². The van der Waals surface area contributed by atoms with Crippen molar-refractivity contribution in [2.45, 2.75) is 13.1 Å². The van der Waals surface area contributed by atoms with Crippen molar-refractivity contribution >= 4 is 5.84 Å². The maximum Gasteiger partial charge on any atom is 0.130 e. The average molecular weight is 284 g/mol. The van der Waals surface area contributed by atoms with E-state index in [0.717, 1.165) is 18.7 Å². The third-order valence-electron chi connectivity index (χ3n) is 3.18. The lowest BCUT2D eigenvalue weighted by Crippen LogP contribution is -2.18. The number of benzene rings is 1. The molecule has 0 unspecified atom stereocenters. The molecule has 0 aliphatic heterocycles. The molecule has 0 bridgehead atoms. The van der Waals surface area contributed by atoms with Crippen molar-refractivity contribution in [1.29, 1.82) is 5.41 Å². The van der Waals surface area contributed by atoms with Crippen LogP contribution in [0.5, 0.6) is 5.75 Å². The zero-order chi connectivity index (χ0) is 15.2. The minimum atomic E-state index is 0.0158. The van der Waals surface area contributed by atoms with E-state index in [1.54, 1.807) is 13.3 Å². The van der Waals surface area contributed by atoms with Gasteiger partial charge < -0.3 is 10.5 Å². The summed E-state index contributed by atoms with van der Waals surface area (Å²) in [5.74, 6) is 0.650. The van der Waals surface area contributed by atoms with Crippen LogP contribution in [0.3, 0.4) is 0 Å². The number of hydrogen-bond donors (Lipinski definition) is 2. The summed E-state index contributed by atoms with van der Waals surface area (Å²) < 4.78 is 5.30. The highest BCUT2D eigenvalue weighted by atomic mass is 16.5. The molecule has 1 aromatic carbocycles. The normalized spacial score (nSPS) is 10.6. The minimum Gasteiger partial charge on any atom is -0.496 e. The lowest BCUT2D eigenvalue weighted by molar-refractivity contribution is 0.318. The molecule has 3 N–H and O–H groups in total. The number of nitrogens with one attached hydrogen (secondary N) is 1. The van der Waals surface area contributed by atoms with Crippen molar-refractivity contribution < 1.29 is 4.74 Å². The van der Waals surface area contributed by atoms with Crippen LogP contribution in [0.25, 0.3) is 0 Å². The van der Waals surface area contributed by atoms with Crippen LogP contribution >= 0.6 is 0 Å². The molecule has 0 amide bonds. The van der Waals surface area contributed by atoms with Crippen LogP contribution in [0.4, 0.5) is 0 Å². The fourth-order valence-electron chi connectivity index (χ4n) is 2.23. The topological polar surface area (TPSA) is 75.2 Å². The average Bonchev–Trinajstić information content (AvgIpc) is 2.47. The van der Waals surface area contributed by atoms with Crippen molar-refractivity contribution in [3.63, 3.8) is 0 Å². The predicted octanol–water partition coefficient (Wildman–Crippen LogP) is 2.01. The van der Waals surface area contributed by atoms with Crippen LogP contribution in [0.2, 0.25) is 0 Å². The van der Waals surface area contributed by atoms with Gasteiger partial charge in [-0.1, -0.05) is 12.1 Å². The van der Waals surface area contributed by atoms with Gasteiger partial charge in [-0.15, -0.1) is 0 Å². The van der Waals surface area contributed by atoms with Crippen molar-refractivity contribution in [3.8, 4) is 5.75 Å². The Labute approximate surface area is 124 Å². The Morgan fingerprint density at radius 2 is 2.05 bits per heavy atom. The Kier molecular flexibility index (Phi) is 4.90. The molecule has 0 saturated heterocycles. The number of methoxy groups -OCH3 is 1. The first-order valence-corrected chi connectivity index (χ1v) is 6.69. The number of nitrogen functional groups attached to an aromatic ring is 1. The van der Waals surface area contributed by atoms with Crippen LogP contribution in [-0.2, 0) is 13.1 Å². The van der Waals surface area contributed by atoms with E-state index in [2.05, 4.69) is 23.0 Å². The van der Waals surface area contributed by atoms with Crippen LogP contribution in [-0.4, -0.2) is 29.9 Å². The third kappa shape index (κ3) is 4.03. The Bertz CT molecular complexity index is 613. The second kappa shape index (κ2) is 6.85. The Hall–Kier alpha value is -2.40. The number of hydrogen-bond acceptors (Lipinski definition) is 4. The quantitative estimate of drug-likeness (QED) is 0.628. The van der Waals surface area contributed by atoms with E-state index in [9.17, 15) is 0 Å². The molecule has 2 rings (SSSR count). The maximum absolute atomic E-state index is 7.52. The molecular formula is C16H20N4O. The van der Waals surface area contributed by atoms with E-state index in [-0.39, 0.29) is 5.84 Å². The van der Waals surface area contributed by atoms with Crippen molar-refractivity contribution in [2.75, 3.05) is 14.2 Å². The number of rotatable bonds is 6. The predicted molar refractivity (Wildman–Crippen MR) is 83.4 cm³/mol. The van der Waals surface area contributed by atoms with Gasteiger partial charge >= 0.3 is 0 Å². The molecule has 0 radical (unpaired) electrons. The molecule has 2 aromatic rings. The number of nitrogens with two attached hydrogens (primary N) is 1. The molecule has 0 aliphatic rings. The van der Waals surface area contributed by atoms with Gasteiger partial charge in [-0.25, -0.2) is 0 Å². The first-order chi connectivity index (χ1) is 10.1. The summed E-state index contributed by atoms with van der Waals surface area (Å²) in [7, 11) is 3.64. The van der Waals surface area contributed by atoms with Gasteiger partial charge in [0, 0.05) is 25.5 Å². The monoisotopic (exact) mass is 284 g/mol. The molecular weight excluding hydrogens is 264 g/mol. The van der Waals surface area contributed by atoms with Crippen molar-refractivity contribution in [1.82, 2.24) is 9.88 Å². The van der Waals surface area contributed by atoms with Crippen LogP contribution in [0, 0.1) is 5.41 Å². The van der Waals surface area contributed by atoms with Crippen LogP contribution in [0.15, 0.2) is 42.7 Å². The van der Waals surface area contributed by atoms with Gasteiger partial charge in [-0.2, -0.15) is 0 Å². The van der Waals surface area contributed by atoms with E-state index in [0.29, 0.717) is 11.3 Å². The Morgan fingerprint density at radius 1 is 1.29 bits per heavy atom. The first kappa shape index (κ1) is 15.0. The van der Waals surface area contributed by atoms with Gasteiger partial charge in [-0.3, -0.25) is 15.3 Å². The lowest BCUT2D eigenvalue weighted by Gasteiger charge is -2.17. The summed E-state index contributed by atoms with van der Waals surface area (Å²) >= 11 is 0. The first-order valence-electron chi connectivity index (χ1n) is 6.69. The Morgan fingerprint density at radius 3 is 2.67 bits per heavy atom. The van der Waals surface area contributed by atoms with Gasteiger partial charge in [-0.05, 0) is 36.4 Å². The van der Waals surface area contributed by atoms with E-state index in [1.165, 1.54) is 5.56 Å². The largest absolute Gasteiger partial charge is 0.496 e. The number of aromatic nitrogens is 1. The number of nitrogens with zero attached hydrogens (tertiary/aromatic N) is 2. The number of amidine groups is 1. The van der Waals surface area contributed by atoms with Gasteiger partial charge in [0.15, 0.2) is 0 Å². The Balaban J connectivity index is 2.07. The SMILES string of the molecule is COc1cc(CN(C)Cc2cccnc2)ccc1C(=N)N. The fourth-order valence-corrected chi connectivity index (χ4v) is 2.23. The molecule has 5 nitrogen and oxygen atoms in total. The van der Waals surface area contributed by atoms with E-state index >= 15 is 0 Å².